The molecule has 0 bridgehead atoms. The van der Waals surface area contributed by atoms with Gasteiger partial charge in [0.05, 0.1) is 0 Å². The van der Waals surface area contributed by atoms with Crippen LogP contribution in [0, 0.1) is 0 Å². The van der Waals surface area contributed by atoms with E-state index in [1.807, 2.05) is 68.4 Å². The van der Waals surface area contributed by atoms with Crippen LogP contribution in [0.4, 0.5) is 0 Å². The quantitative estimate of drug-likeness (QED) is 0.234. The molecule has 0 aliphatic heterocycles. The van der Waals surface area contributed by atoms with Gasteiger partial charge in [0.15, 0.2) is 0 Å². The summed E-state index contributed by atoms with van der Waals surface area (Å²) in [6.07, 6.45) is 4.41. The number of hydrogen-bond donors (Lipinski definition) is 0. The van der Waals surface area contributed by atoms with Crippen LogP contribution in [0.5, 0.6) is 0 Å². The molecule has 0 radical (unpaired) electrons. The van der Waals surface area contributed by atoms with Crippen molar-refractivity contribution in [1.82, 2.24) is 0 Å². The van der Waals surface area contributed by atoms with E-state index in [2.05, 4.69) is 72.5 Å². The summed E-state index contributed by atoms with van der Waals surface area (Å²) in [5.74, 6) is 0. The Morgan fingerprint density at radius 1 is 0.733 bits per heavy atom. The predicted molar refractivity (Wildman–Crippen MR) is 146 cm³/mol. The van der Waals surface area contributed by atoms with Crippen molar-refractivity contribution in [1.29, 1.82) is 0 Å². The normalized spacial score (nSPS) is 12.7. The molecule has 0 saturated heterocycles. The predicted octanol–water partition coefficient (Wildman–Crippen LogP) is 10.5. The van der Waals surface area contributed by atoms with E-state index in [1.54, 1.807) is 0 Å². The van der Waals surface area contributed by atoms with Gasteiger partial charge in [0.1, 0.15) is 0 Å². The highest BCUT2D eigenvalue weighted by molar-refractivity contribution is 8.07. The third-order valence-corrected chi connectivity index (χ3v) is 11.9. The minimum atomic E-state index is 1.36. The van der Waals surface area contributed by atoms with Gasteiger partial charge in [0.2, 0.25) is 0 Å². The molecule has 0 nitrogen and oxygen atoms in total. The summed E-state index contributed by atoms with van der Waals surface area (Å²) in [6.45, 7) is 2.14. The summed E-state index contributed by atoms with van der Waals surface area (Å²) in [7, 11) is 0. The average molecular weight is 497 g/mol. The first-order valence-electron chi connectivity index (χ1n) is 9.48. The molecule has 0 amide bonds. The lowest BCUT2D eigenvalue weighted by Gasteiger charge is -1.96. The molecule has 0 saturated carbocycles. The molecular formula is C24H16S6. The van der Waals surface area contributed by atoms with E-state index in [-0.39, 0.29) is 0 Å². The highest BCUT2D eigenvalue weighted by Crippen LogP contribution is 2.51. The molecule has 148 valence electrons. The summed E-state index contributed by atoms with van der Waals surface area (Å²) >= 11 is 11.3. The van der Waals surface area contributed by atoms with Crippen LogP contribution in [0.15, 0.2) is 59.3 Å². The zero-order valence-corrected chi connectivity index (χ0v) is 21.1. The standard InChI is InChI=1S/C24H16S6/c1-3-16(25-2)19-10-13-22(28-19)14-11-20(17-6-4-8-26-17)30-24(14)15-12-21(29-23(13)15)18-7-5-9-27-18/h3-12H,1-2H3/b16-3-. The molecule has 0 aliphatic carbocycles. The first-order chi connectivity index (χ1) is 14.8. The molecule has 6 heteroatoms. The van der Waals surface area contributed by atoms with Crippen molar-refractivity contribution in [2.24, 2.45) is 0 Å². The SMILES string of the molecule is C/C=C(\SC)c1cc2c(s1)c1cc(-c3cccs3)sc1c1cc(-c3cccs3)sc21. The lowest BCUT2D eigenvalue weighted by molar-refractivity contribution is 1.78. The van der Waals surface area contributed by atoms with Gasteiger partial charge in [0.25, 0.3) is 0 Å². The first-order valence-corrected chi connectivity index (χ1v) is 14.9. The third-order valence-electron chi connectivity index (χ3n) is 5.18. The van der Waals surface area contributed by atoms with Crippen molar-refractivity contribution in [2.45, 2.75) is 6.92 Å². The Kier molecular flexibility index (Phi) is 4.90. The second-order valence-corrected chi connectivity index (χ2v) is 12.8. The smallest absolute Gasteiger partial charge is 0.0455 e. The molecule has 6 aromatic rings. The van der Waals surface area contributed by atoms with E-state index in [4.69, 9.17) is 0 Å². The summed E-state index contributed by atoms with van der Waals surface area (Å²) in [5, 5.41) is 8.58. The molecule has 0 atom stereocenters. The fourth-order valence-electron chi connectivity index (χ4n) is 3.84. The number of allylic oxidation sites excluding steroid dienone is 1. The third kappa shape index (κ3) is 2.97. The first kappa shape index (κ1) is 19.3. The second kappa shape index (κ2) is 7.62. The van der Waals surface area contributed by atoms with Crippen molar-refractivity contribution in [2.75, 3.05) is 6.26 Å². The number of thioether (sulfide) groups is 1. The van der Waals surface area contributed by atoms with Gasteiger partial charge >= 0.3 is 0 Å². The molecule has 30 heavy (non-hydrogen) atoms. The van der Waals surface area contributed by atoms with E-state index in [1.165, 1.54) is 59.5 Å². The van der Waals surface area contributed by atoms with Gasteiger partial charge in [-0.1, -0.05) is 18.2 Å². The monoisotopic (exact) mass is 496 g/mol. The summed E-state index contributed by atoms with van der Waals surface area (Å²) in [5.41, 5.74) is 0. The molecule has 5 heterocycles. The Labute approximate surface area is 199 Å². The van der Waals surface area contributed by atoms with Crippen molar-refractivity contribution in [3.63, 3.8) is 0 Å². The van der Waals surface area contributed by atoms with Crippen LogP contribution < -0.4 is 0 Å². The molecule has 6 rings (SSSR count). The zero-order chi connectivity index (χ0) is 20.2. The Morgan fingerprint density at radius 3 is 1.73 bits per heavy atom. The number of fused-ring (bicyclic) bond motifs is 6. The molecule has 5 aromatic heterocycles. The van der Waals surface area contributed by atoms with Gasteiger partial charge in [-0.3, -0.25) is 0 Å². The fourth-order valence-corrected chi connectivity index (χ4v) is 10.1. The van der Waals surface area contributed by atoms with Crippen molar-refractivity contribution < 1.29 is 0 Å². The molecule has 0 N–H and O–H groups in total. The van der Waals surface area contributed by atoms with E-state index in [0.717, 1.165) is 0 Å². The summed E-state index contributed by atoms with van der Waals surface area (Å²) in [4.78, 5) is 8.22. The molecule has 0 fully saturated rings. The van der Waals surface area contributed by atoms with Gasteiger partial charge in [-0.25, -0.2) is 0 Å². The van der Waals surface area contributed by atoms with Crippen LogP contribution in [-0.2, 0) is 0 Å². The van der Waals surface area contributed by atoms with Gasteiger partial charge in [-0.05, 0) is 54.3 Å². The van der Waals surface area contributed by atoms with Crippen LogP contribution in [0.2, 0.25) is 0 Å². The number of rotatable bonds is 4. The minimum Gasteiger partial charge on any atom is -0.143 e. The lowest BCUT2D eigenvalue weighted by Crippen LogP contribution is -1.69. The Bertz CT molecular complexity index is 1410. The number of hydrogen-bond acceptors (Lipinski definition) is 6. The highest BCUT2D eigenvalue weighted by atomic mass is 32.2. The second-order valence-electron chi connectivity index (χ2n) is 6.87. The van der Waals surface area contributed by atoms with E-state index < -0.39 is 0 Å². The Morgan fingerprint density at radius 2 is 1.27 bits per heavy atom. The van der Waals surface area contributed by atoms with Crippen LogP contribution in [0.25, 0.3) is 54.7 Å². The van der Waals surface area contributed by atoms with Crippen molar-refractivity contribution >= 4 is 104 Å². The van der Waals surface area contributed by atoms with Gasteiger partial charge in [0, 0.05) is 59.5 Å². The van der Waals surface area contributed by atoms with Gasteiger partial charge in [-0.2, -0.15) is 0 Å². The number of thiophene rings is 5. The largest absolute Gasteiger partial charge is 0.143 e. The van der Waals surface area contributed by atoms with Crippen LogP contribution >= 0.6 is 68.4 Å². The highest BCUT2D eigenvalue weighted by Gasteiger charge is 2.19. The fraction of sp³-hybridized carbons (Fsp3) is 0.0833. The molecule has 1 aromatic carbocycles. The Hall–Kier alpha value is -1.41. The average Bonchev–Trinajstić information content (AvgIpc) is 3.57. The van der Waals surface area contributed by atoms with E-state index in [0.29, 0.717) is 0 Å². The van der Waals surface area contributed by atoms with Crippen molar-refractivity contribution in [3.8, 4) is 19.5 Å². The maximum absolute atomic E-state index is 2.42. The van der Waals surface area contributed by atoms with Crippen LogP contribution in [0.1, 0.15) is 11.8 Å². The van der Waals surface area contributed by atoms with Crippen molar-refractivity contribution in [3.05, 3.63) is 64.2 Å². The summed E-state index contributed by atoms with van der Waals surface area (Å²) < 4.78 is 4.29. The lowest BCUT2D eigenvalue weighted by atomic mass is 10.1. The van der Waals surface area contributed by atoms with Crippen LogP contribution in [0.3, 0.4) is 0 Å². The maximum atomic E-state index is 2.42. The molecule has 0 aliphatic rings. The maximum Gasteiger partial charge on any atom is 0.0455 e. The summed E-state index contributed by atoms with van der Waals surface area (Å²) in [6, 6.07) is 16.0. The molecular weight excluding hydrogens is 481 g/mol. The Balaban J connectivity index is 1.73. The van der Waals surface area contributed by atoms with Crippen LogP contribution in [-0.4, -0.2) is 6.26 Å². The van der Waals surface area contributed by atoms with E-state index >= 15 is 0 Å². The zero-order valence-electron chi connectivity index (χ0n) is 16.2. The topological polar surface area (TPSA) is 0 Å². The van der Waals surface area contributed by atoms with E-state index in [9.17, 15) is 0 Å². The van der Waals surface area contributed by atoms with Gasteiger partial charge < -0.3 is 0 Å². The number of benzene rings is 1. The minimum absolute atomic E-state index is 1.36. The van der Waals surface area contributed by atoms with Gasteiger partial charge in [-0.15, -0.1) is 68.4 Å². The molecule has 0 unspecified atom stereocenters. The molecule has 0 spiro atoms.